The van der Waals surface area contributed by atoms with E-state index in [-0.39, 0.29) is 24.2 Å². The first kappa shape index (κ1) is 20.3. The summed E-state index contributed by atoms with van der Waals surface area (Å²) in [6.07, 6.45) is 3.10. The fourth-order valence-corrected chi connectivity index (χ4v) is 4.79. The molecule has 2 aliphatic rings. The molecule has 1 aliphatic heterocycles. The molecule has 164 valence electrons. The number of pyridine rings is 1. The minimum atomic E-state index is -0.608. The van der Waals surface area contributed by atoms with Crippen LogP contribution in [0, 0.1) is 5.82 Å². The van der Waals surface area contributed by atoms with E-state index in [2.05, 4.69) is 6.07 Å². The molecule has 1 atom stereocenters. The van der Waals surface area contributed by atoms with E-state index in [1.807, 2.05) is 43.1 Å². The molecule has 1 unspecified atom stereocenters. The van der Waals surface area contributed by atoms with Gasteiger partial charge in [0.25, 0.3) is 5.91 Å². The van der Waals surface area contributed by atoms with E-state index < -0.39 is 23.1 Å². The highest BCUT2D eigenvalue weighted by atomic mass is 19.1. The Morgan fingerprint density at radius 2 is 1.72 bits per heavy atom. The molecule has 2 heterocycles. The molecule has 0 bridgehead atoms. The Morgan fingerprint density at radius 1 is 1.00 bits per heavy atom. The smallest absolute Gasteiger partial charge is 0.278 e. The first-order chi connectivity index (χ1) is 15.4. The fraction of sp³-hybridized carbons (Fsp3) is 0.280. The molecule has 1 N–H and O–H groups in total. The van der Waals surface area contributed by atoms with Crippen molar-refractivity contribution in [1.29, 1.82) is 0 Å². The van der Waals surface area contributed by atoms with Gasteiger partial charge in [-0.05, 0) is 61.1 Å². The van der Waals surface area contributed by atoms with Gasteiger partial charge < -0.3 is 10.0 Å². The van der Waals surface area contributed by atoms with Crippen LogP contribution in [-0.2, 0) is 12.8 Å². The van der Waals surface area contributed by atoms with Crippen LogP contribution in [0.4, 0.5) is 4.39 Å². The van der Waals surface area contributed by atoms with Gasteiger partial charge in [-0.25, -0.2) is 4.39 Å². The lowest BCUT2D eigenvalue weighted by molar-refractivity contribution is 0.0621. The van der Waals surface area contributed by atoms with Crippen LogP contribution in [0.15, 0.2) is 59.5 Å². The predicted octanol–water partition coefficient (Wildman–Crippen LogP) is 3.34. The summed E-state index contributed by atoms with van der Waals surface area (Å²) in [6.45, 7) is 4.00. The van der Waals surface area contributed by atoms with Gasteiger partial charge in [0.1, 0.15) is 12.5 Å². The molecule has 7 heteroatoms. The molecule has 2 aromatic carbocycles. The molecule has 3 aromatic rings. The van der Waals surface area contributed by atoms with Crippen molar-refractivity contribution in [3.8, 4) is 5.75 Å². The number of fused-ring (bicyclic) bond motifs is 3. The summed E-state index contributed by atoms with van der Waals surface area (Å²) in [5.41, 5.74) is 3.33. The number of amides is 1. The Hall–Kier alpha value is -3.61. The summed E-state index contributed by atoms with van der Waals surface area (Å²) < 4.78 is 16.0. The van der Waals surface area contributed by atoms with Gasteiger partial charge in [-0.3, -0.25) is 19.3 Å². The summed E-state index contributed by atoms with van der Waals surface area (Å²) in [4.78, 5) is 27.0. The average Bonchev–Trinajstić information content (AvgIpc) is 2.93. The maximum atomic E-state index is 14.5. The molecule has 1 aliphatic carbocycles. The molecular weight excluding hydrogens is 409 g/mol. The monoisotopic (exact) mass is 433 g/mol. The number of aryl methyl sites for hydroxylation is 2. The minimum absolute atomic E-state index is 0.0721. The Morgan fingerprint density at radius 3 is 2.47 bits per heavy atom. The zero-order valence-electron chi connectivity index (χ0n) is 18.0. The van der Waals surface area contributed by atoms with Crippen LogP contribution in [0.25, 0.3) is 0 Å². The third-order valence-electron chi connectivity index (χ3n) is 6.43. The highest BCUT2D eigenvalue weighted by molar-refractivity contribution is 5.96. The molecule has 5 rings (SSSR count). The van der Waals surface area contributed by atoms with Crippen LogP contribution in [0.1, 0.15) is 52.6 Å². The van der Waals surface area contributed by atoms with Crippen molar-refractivity contribution in [2.24, 2.45) is 0 Å². The number of nitrogens with zero attached hydrogens (tertiary/aromatic N) is 3. The number of carbonyl (C=O) groups is 1. The van der Waals surface area contributed by atoms with Crippen molar-refractivity contribution in [3.63, 3.8) is 0 Å². The molecular formula is C25H24FN3O3. The Kier molecular flexibility index (Phi) is 4.77. The molecule has 0 spiro atoms. The van der Waals surface area contributed by atoms with E-state index in [1.54, 1.807) is 15.6 Å². The molecule has 6 nitrogen and oxygen atoms in total. The SMILES string of the molecule is CC(C)N1CN(C2c3ccccc3CCc3ccc(F)cc32)n2ccc(=O)c(O)c2C1=O. The van der Waals surface area contributed by atoms with Crippen molar-refractivity contribution in [2.45, 2.75) is 38.8 Å². The summed E-state index contributed by atoms with van der Waals surface area (Å²) >= 11 is 0. The topological polar surface area (TPSA) is 65.8 Å². The number of hydrogen-bond donors (Lipinski definition) is 1. The number of rotatable bonds is 2. The normalized spacial score (nSPS) is 17.6. The number of carbonyl (C=O) groups excluding carboxylic acids is 1. The summed E-state index contributed by atoms with van der Waals surface area (Å²) in [5, 5.41) is 12.5. The summed E-state index contributed by atoms with van der Waals surface area (Å²) in [5.74, 6) is -1.31. The van der Waals surface area contributed by atoms with Gasteiger partial charge in [0.15, 0.2) is 11.4 Å². The molecule has 32 heavy (non-hydrogen) atoms. The number of hydrogen-bond acceptors (Lipinski definition) is 4. The molecule has 0 radical (unpaired) electrons. The Bertz CT molecular complexity index is 1280. The summed E-state index contributed by atoms with van der Waals surface area (Å²) in [7, 11) is 0. The Labute approximate surface area is 185 Å². The van der Waals surface area contributed by atoms with Crippen LogP contribution < -0.4 is 10.4 Å². The maximum Gasteiger partial charge on any atom is 0.278 e. The van der Waals surface area contributed by atoms with E-state index in [0.717, 1.165) is 35.1 Å². The second-order valence-electron chi connectivity index (χ2n) is 8.62. The van der Waals surface area contributed by atoms with Crippen molar-refractivity contribution >= 4 is 5.91 Å². The van der Waals surface area contributed by atoms with Gasteiger partial charge in [-0.1, -0.05) is 30.3 Å². The van der Waals surface area contributed by atoms with Crippen LogP contribution >= 0.6 is 0 Å². The average molecular weight is 433 g/mol. The van der Waals surface area contributed by atoms with Crippen molar-refractivity contribution in [1.82, 2.24) is 9.58 Å². The number of benzene rings is 2. The van der Waals surface area contributed by atoms with E-state index in [1.165, 1.54) is 18.3 Å². The van der Waals surface area contributed by atoms with E-state index in [9.17, 15) is 19.1 Å². The molecule has 0 saturated heterocycles. The Balaban J connectivity index is 1.80. The second kappa shape index (κ2) is 7.51. The quantitative estimate of drug-likeness (QED) is 0.673. The second-order valence-corrected chi connectivity index (χ2v) is 8.62. The molecule has 1 amide bonds. The molecule has 1 aromatic heterocycles. The summed E-state index contributed by atoms with van der Waals surface area (Å²) in [6, 6.07) is 13.6. The van der Waals surface area contributed by atoms with Crippen molar-refractivity contribution in [2.75, 3.05) is 11.7 Å². The fourth-order valence-electron chi connectivity index (χ4n) is 4.79. The van der Waals surface area contributed by atoms with Gasteiger partial charge >= 0.3 is 0 Å². The van der Waals surface area contributed by atoms with Gasteiger partial charge in [-0.15, -0.1) is 0 Å². The first-order valence-electron chi connectivity index (χ1n) is 10.8. The largest absolute Gasteiger partial charge is 0.502 e. The van der Waals surface area contributed by atoms with Gasteiger partial charge in [0.2, 0.25) is 5.43 Å². The highest BCUT2D eigenvalue weighted by Gasteiger charge is 2.39. The van der Waals surface area contributed by atoms with E-state index in [0.29, 0.717) is 0 Å². The van der Waals surface area contributed by atoms with E-state index in [4.69, 9.17) is 0 Å². The van der Waals surface area contributed by atoms with Gasteiger partial charge in [0, 0.05) is 18.3 Å². The van der Waals surface area contributed by atoms with E-state index >= 15 is 0 Å². The van der Waals surface area contributed by atoms with Crippen LogP contribution in [-0.4, -0.2) is 33.3 Å². The number of halogens is 1. The maximum absolute atomic E-state index is 14.5. The third-order valence-corrected chi connectivity index (χ3v) is 6.43. The highest BCUT2D eigenvalue weighted by Crippen LogP contribution is 2.38. The first-order valence-corrected chi connectivity index (χ1v) is 10.8. The van der Waals surface area contributed by atoms with Crippen molar-refractivity contribution < 1.29 is 14.3 Å². The zero-order chi connectivity index (χ0) is 22.6. The zero-order valence-corrected chi connectivity index (χ0v) is 18.0. The van der Waals surface area contributed by atoms with Crippen LogP contribution in [0.3, 0.4) is 0 Å². The molecule has 0 saturated carbocycles. The lowest BCUT2D eigenvalue weighted by Gasteiger charge is -2.45. The standard InChI is InChI=1S/C25H24FN3O3/c1-15(2)27-14-29(28-12-11-21(30)24(31)23(28)25(27)32)22-19-6-4-3-5-16(19)7-8-17-9-10-18(26)13-20(17)22/h3-6,9-13,15,22,31H,7-8,14H2,1-2H3. The third kappa shape index (κ3) is 3.07. The number of aromatic nitrogens is 1. The minimum Gasteiger partial charge on any atom is -0.502 e. The predicted molar refractivity (Wildman–Crippen MR) is 119 cm³/mol. The number of aromatic hydroxyl groups is 1. The van der Waals surface area contributed by atoms with Crippen LogP contribution in [0.5, 0.6) is 5.75 Å². The van der Waals surface area contributed by atoms with Gasteiger partial charge in [0.05, 0.1) is 6.04 Å². The van der Waals surface area contributed by atoms with Crippen molar-refractivity contribution in [3.05, 3.63) is 98.7 Å². The lowest BCUT2D eigenvalue weighted by atomic mass is 9.94. The lowest BCUT2D eigenvalue weighted by Crippen LogP contribution is -2.57. The molecule has 0 fully saturated rings. The van der Waals surface area contributed by atoms with Crippen LogP contribution in [0.2, 0.25) is 0 Å². The van der Waals surface area contributed by atoms with Gasteiger partial charge in [-0.2, -0.15) is 0 Å².